The summed E-state index contributed by atoms with van der Waals surface area (Å²) in [5.74, 6) is -2.37. The van der Waals surface area contributed by atoms with E-state index in [4.69, 9.17) is 11.6 Å². The van der Waals surface area contributed by atoms with Crippen molar-refractivity contribution in [3.63, 3.8) is 0 Å². The number of nitrogens with one attached hydrogen (secondary N) is 1. The van der Waals surface area contributed by atoms with Gasteiger partial charge >= 0.3 is 12.0 Å². The number of nitro benzene ring substituents is 1. The first kappa shape index (κ1) is 19.4. The van der Waals surface area contributed by atoms with Crippen LogP contribution in [0.15, 0.2) is 12.1 Å². The minimum Gasteiger partial charge on any atom is -0.468 e. The van der Waals surface area contributed by atoms with Gasteiger partial charge in [-0.25, -0.2) is 14.6 Å². The van der Waals surface area contributed by atoms with E-state index < -0.39 is 46.3 Å². The molecule has 1 N–H and O–H groups in total. The molecule has 1 fully saturated rings. The van der Waals surface area contributed by atoms with Crippen LogP contribution in [0.25, 0.3) is 0 Å². The SMILES string of the molecule is COC(=O)C(Cl)Cc1cc(F)c(N2CC(=O)N(C)C(=O)N2)cc1[N+](=O)[O-]. The fourth-order valence-electron chi connectivity index (χ4n) is 2.27. The number of esters is 1. The van der Waals surface area contributed by atoms with E-state index >= 15 is 0 Å². The number of ether oxygens (including phenoxy) is 1. The second-order valence-electron chi connectivity index (χ2n) is 5.34. The predicted octanol–water partition coefficient (Wildman–Crippen LogP) is 0.960. The average molecular weight is 389 g/mol. The number of nitro groups is 1. The van der Waals surface area contributed by atoms with E-state index in [0.717, 1.165) is 29.2 Å². The van der Waals surface area contributed by atoms with Gasteiger partial charge in [0.05, 0.1) is 12.0 Å². The Labute approximate surface area is 151 Å². The van der Waals surface area contributed by atoms with Gasteiger partial charge in [0, 0.05) is 25.1 Å². The lowest BCUT2D eigenvalue weighted by molar-refractivity contribution is -0.385. The predicted molar refractivity (Wildman–Crippen MR) is 87.1 cm³/mol. The molecule has 1 saturated heterocycles. The van der Waals surface area contributed by atoms with Crippen molar-refractivity contribution < 1.29 is 28.4 Å². The number of alkyl halides is 1. The smallest absolute Gasteiger partial charge is 0.342 e. The Morgan fingerprint density at radius 3 is 2.69 bits per heavy atom. The lowest BCUT2D eigenvalue weighted by Gasteiger charge is -2.33. The molecular formula is C14H14ClFN4O6. The Morgan fingerprint density at radius 2 is 2.15 bits per heavy atom. The van der Waals surface area contributed by atoms with Gasteiger partial charge in [0.25, 0.3) is 11.6 Å². The normalized spacial score (nSPS) is 15.5. The molecule has 3 amide bonds. The molecule has 0 aliphatic carbocycles. The summed E-state index contributed by atoms with van der Waals surface area (Å²) in [6, 6.07) is 0.893. The second-order valence-corrected chi connectivity index (χ2v) is 5.87. The third-order valence-electron chi connectivity index (χ3n) is 3.69. The first-order valence-electron chi connectivity index (χ1n) is 7.19. The summed E-state index contributed by atoms with van der Waals surface area (Å²) in [7, 11) is 2.34. The molecule has 1 atom stereocenters. The van der Waals surface area contributed by atoms with Crippen LogP contribution in [-0.2, 0) is 20.7 Å². The third kappa shape index (κ3) is 3.82. The van der Waals surface area contributed by atoms with Crippen molar-refractivity contribution in [2.24, 2.45) is 0 Å². The Bertz CT molecular complexity index is 771. The van der Waals surface area contributed by atoms with Crippen LogP contribution < -0.4 is 10.4 Å². The number of urea groups is 1. The molecule has 1 heterocycles. The highest BCUT2D eigenvalue weighted by Gasteiger charge is 2.32. The van der Waals surface area contributed by atoms with Crippen molar-refractivity contribution >= 4 is 40.9 Å². The fraction of sp³-hybridized carbons (Fsp3) is 0.357. The zero-order chi connectivity index (χ0) is 19.6. The average Bonchev–Trinajstić information content (AvgIpc) is 2.58. The highest BCUT2D eigenvalue weighted by Crippen LogP contribution is 2.30. The Hall–Kier alpha value is -2.95. The van der Waals surface area contributed by atoms with Gasteiger partial charge in [-0.1, -0.05) is 0 Å². The third-order valence-corrected chi connectivity index (χ3v) is 4.03. The van der Waals surface area contributed by atoms with Crippen LogP contribution in [0.1, 0.15) is 5.56 Å². The summed E-state index contributed by atoms with van der Waals surface area (Å²) < 4.78 is 18.9. The van der Waals surface area contributed by atoms with Crippen molar-refractivity contribution in [1.29, 1.82) is 0 Å². The van der Waals surface area contributed by atoms with Crippen molar-refractivity contribution in [1.82, 2.24) is 10.3 Å². The number of nitrogens with zero attached hydrogens (tertiary/aromatic N) is 3. The van der Waals surface area contributed by atoms with Gasteiger partial charge in [0.1, 0.15) is 23.4 Å². The molecule has 0 radical (unpaired) electrons. The van der Waals surface area contributed by atoms with Gasteiger partial charge in [-0.2, -0.15) is 0 Å². The Kier molecular flexibility index (Phi) is 5.60. The summed E-state index contributed by atoms with van der Waals surface area (Å²) in [6.07, 6.45) is -0.338. The van der Waals surface area contributed by atoms with E-state index in [-0.39, 0.29) is 17.7 Å². The molecule has 1 aliphatic rings. The van der Waals surface area contributed by atoms with Crippen molar-refractivity contribution in [3.8, 4) is 0 Å². The van der Waals surface area contributed by atoms with Gasteiger partial charge in [-0.15, -0.1) is 11.6 Å². The molecule has 0 aromatic heterocycles. The van der Waals surface area contributed by atoms with Gasteiger partial charge in [-0.3, -0.25) is 29.6 Å². The molecular weight excluding hydrogens is 375 g/mol. The topological polar surface area (TPSA) is 122 Å². The lowest BCUT2D eigenvalue weighted by Crippen LogP contribution is -2.59. The van der Waals surface area contributed by atoms with Crippen LogP contribution in [0.4, 0.5) is 20.6 Å². The van der Waals surface area contributed by atoms with E-state index in [1.165, 1.54) is 7.05 Å². The number of carbonyl (C=O) groups excluding carboxylic acids is 3. The quantitative estimate of drug-likeness (QED) is 0.345. The van der Waals surface area contributed by atoms with Crippen LogP contribution in [0.3, 0.4) is 0 Å². The van der Waals surface area contributed by atoms with Crippen molar-refractivity contribution in [2.45, 2.75) is 11.8 Å². The maximum atomic E-state index is 14.5. The number of carbonyl (C=O) groups is 3. The largest absolute Gasteiger partial charge is 0.468 e. The van der Waals surface area contributed by atoms with Gasteiger partial charge in [-0.05, 0) is 6.07 Å². The summed E-state index contributed by atoms with van der Waals surface area (Å²) >= 11 is 5.80. The number of hydrogen-bond donors (Lipinski definition) is 1. The lowest BCUT2D eigenvalue weighted by atomic mass is 10.1. The molecule has 10 nitrogen and oxygen atoms in total. The van der Waals surface area contributed by atoms with E-state index in [2.05, 4.69) is 10.2 Å². The summed E-state index contributed by atoms with van der Waals surface area (Å²) in [4.78, 5) is 46.1. The summed E-state index contributed by atoms with van der Waals surface area (Å²) in [5, 5.41) is 10.9. The van der Waals surface area contributed by atoms with Gasteiger partial charge in [0.2, 0.25) is 0 Å². The highest BCUT2D eigenvalue weighted by atomic mass is 35.5. The number of likely N-dealkylation sites (N-methyl/N-ethyl adjacent to an activating group) is 1. The molecule has 1 unspecified atom stereocenters. The van der Waals surface area contributed by atoms with Gasteiger partial charge in [0.15, 0.2) is 0 Å². The highest BCUT2D eigenvalue weighted by molar-refractivity contribution is 6.30. The van der Waals surface area contributed by atoms with Crippen LogP contribution in [0, 0.1) is 15.9 Å². The van der Waals surface area contributed by atoms with Crippen molar-refractivity contribution in [3.05, 3.63) is 33.6 Å². The second kappa shape index (κ2) is 7.52. The molecule has 140 valence electrons. The van der Waals surface area contributed by atoms with E-state index in [0.29, 0.717) is 0 Å². The number of hydrogen-bond acceptors (Lipinski definition) is 7. The maximum Gasteiger partial charge on any atom is 0.342 e. The molecule has 0 spiro atoms. The van der Waals surface area contributed by atoms with E-state index in [1.54, 1.807) is 0 Å². The van der Waals surface area contributed by atoms with Crippen molar-refractivity contribution in [2.75, 3.05) is 25.7 Å². The summed E-state index contributed by atoms with van der Waals surface area (Å²) in [5.41, 5.74) is 1.23. The Balaban J connectivity index is 2.40. The molecule has 12 heteroatoms. The van der Waals surface area contributed by atoms with Crippen LogP contribution >= 0.6 is 11.6 Å². The first-order chi connectivity index (χ1) is 12.1. The minimum absolute atomic E-state index is 0.131. The molecule has 1 aromatic rings. The molecule has 1 aromatic carbocycles. The Morgan fingerprint density at radius 1 is 1.50 bits per heavy atom. The van der Waals surface area contributed by atoms with Crippen LogP contribution in [0.2, 0.25) is 0 Å². The number of methoxy groups -OCH3 is 1. The minimum atomic E-state index is -1.24. The number of halogens is 2. The first-order valence-corrected chi connectivity index (χ1v) is 7.62. The maximum absolute atomic E-state index is 14.5. The molecule has 1 aliphatic heterocycles. The van der Waals surface area contributed by atoms with Gasteiger partial charge < -0.3 is 4.74 Å². The van der Waals surface area contributed by atoms with Crippen LogP contribution in [-0.4, -0.2) is 53.8 Å². The fourth-order valence-corrected chi connectivity index (χ4v) is 2.52. The number of imide groups is 1. The number of amides is 3. The molecule has 2 rings (SSSR count). The number of hydrazine groups is 1. The molecule has 26 heavy (non-hydrogen) atoms. The number of rotatable bonds is 5. The van der Waals surface area contributed by atoms with Crippen LogP contribution in [0.5, 0.6) is 0 Å². The van der Waals surface area contributed by atoms with E-state index in [1.807, 2.05) is 0 Å². The standard InChI is InChI=1S/C14H14ClFN4O6/c1-18-12(21)6-19(17-14(18)23)11-5-10(20(24)25)7(4-9(11)16)3-8(15)13(22)26-2/h4-5,8H,3,6H2,1-2H3,(H,17,23). The molecule has 0 bridgehead atoms. The zero-order valence-corrected chi connectivity index (χ0v) is 14.4. The number of benzene rings is 1. The number of anilines is 1. The molecule has 0 saturated carbocycles. The van der Waals surface area contributed by atoms with E-state index in [9.17, 15) is 28.9 Å². The summed E-state index contributed by atoms with van der Waals surface area (Å²) in [6.45, 7) is -0.407. The zero-order valence-electron chi connectivity index (χ0n) is 13.7. The monoisotopic (exact) mass is 388 g/mol.